The van der Waals surface area contributed by atoms with Crippen LogP contribution in [0.15, 0.2) is 0 Å². The Labute approximate surface area is 219 Å². The van der Waals surface area contributed by atoms with Gasteiger partial charge in [-0.2, -0.15) is 0 Å². The van der Waals surface area contributed by atoms with Gasteiger partial charge in [0.05, 0.1) is 26.4 Å². The molecule has 0 rings (SSSR count). The predicted octanol–water partition coefficient (Wildman–Crippen LogP) is 2.49. The molecule has 0 aromatic heterocycles. The molecule has 36 heavy (non-hydrogen) atoms. The molecule has 0 fully saturated rings. The maximum absolute atomic E-state index is 8.59. The number of aliphatic hydroxyl groups excluding tert-OH is 1. The molecule has 0 saturated heterocycles. The standard InChI is InChI=1S/C26H54O10/c1-28-25-26-36-23-8-21-34-19-6-17-32-15-4-13-30-11-2-10-29-12-3-14-31-16-5-18-33-20-7-22-35-24-9-27/h27H,2-26H2,1H3. The molecule has 218 valence electrons. The molecule has 0 spiro atoms. The molecule has 0 unspecified atom stereocenters. The summed E-state index contributed by atoms with van der Waals surface area (Å²) in [5, 5.41) is 8.59. The summed E-state index contributed by atoms with van der Waals surface area (Å²) in [7, 11) is 1.67. The highest BCUT2D eigenvalue weighted by molar-refractivity contribution is 4.43. The molecule has 0 aliphatic rings. The summed E-state index contributed by atoms with van der Waals surface area (Å²) in [4.78, 5) is 0. The van der Waals surface area contributed by atoms with Crippen molar-refractivity contribution in [1.29, 1.82) is 0 Å². The Morgan fingerprint density at radius 3 is 0.750 bits per heavy atom. The topological polar surface area (TPSA) is 103 Å². The molecule has 0 heterocycles. The van der Waals surface area contributed by atoms with Crippen molar-refractivity contribution in [2.75, 3.05) is 126 Å². The average Bonchev–Trinajstić information content (AvgIpc) is 2.89. The molecule has 0 atom stereocenters. The molecule has 0 aromatic carbocycles. The first kappa shape index (κ1) is 35.6. The third-order valence-electron chi connectivity index (χ3n) is 4.71. The summed E-state index contributed by atoms with van der Waals surface area (Å²) in [5.74, 6) is 0. The lowest BCUT2D eigenvalue weighted by atomic mass is 10.4. The third kappa shape index (κ3) is 33.6. The first-order valence-corrected chi connectivity index (χ1v) is 13.6. The van der Waals surface area contributed by atoms with Gasteiger partial charge in [0.1, 0.15) is 0 Å². The highest BCUT2D eigenvalue weighted by atomic mass is 16.5. The van der Waals surface area contributed by atoms with Gasteiger partial charge in [0.2, 0.25) is 0 Å². The van der Waals surface area contributed by atoms with Crippen molar-refractivity contribution in [3.8, 4) is 0 Å². The lowest BCUT2D eigenvalue weighted by Crippen LogP contribution is -2.08. The Morgan fingerprint density at radius 1 is 0.306 bits per heavy atom. The molecular formula is C26H54O10. The molecule has 0 radical (unpaired) electrons. The first-order valence-electron chi connectivity index (χ1n) is 13.6. The molecule has 10 nitrogen and oxygen atoms in total. The number of hydrogen-bond acceptors (Lipinski definition) is 10. The van der Waals surface area contributed by atoms with Crippen molar-refractivity contribution < 1.29 is 47.7 Å². The zero-order chi connectivity index (χ0) is 26.0. The Morgan fingerprint density at radius 2 is 0.528 bits per heavy atom. The fourth-order valence-electron chi connectivity index (χ4n) is 2.86. The number of methoxy groups -OCH3 is 1. The first-order chi connectivity index (χ1) is 17.9. The van der Waals surface area contributed by atoms with Crippen molar-refractivity contribution in [1.82, 2.24) is 0 Å². The van der Waals surface area contributed by atoms with Gasteiger partial charge in [-0.15, -0.1) is 0 Å². The summed E-state index contributed by atoms with van der Waals surface area (Å²) >= 11 is 0. The van der Waals surface area contributed by atoms with E-state index < -0.39 is 0 Å². The van der Waals surface area contributed by atoms with Gasteiger partial charge in [0.15, 0.2) is 0 Å². The minimum absolute atomic E-state index is 0.0703. The molecule has 1 N–H and O–H groups in total. The monoisotopic (exact) mass is 526 g/mol. The van der Waals surface area contributed by atoms with Crippen molar-refractivity contribution in [2.24, 2.45) is 0 Å². The normalized spacial score (nSPS) is 11.5. The van der Waals surface area contributed by atoms with Crippen molar-refractivity contribution in [3.05, 3.63) is 0 Å². The Bertz CT molecular complexity index is 343. The van der Waals surface area contributed by atoms with Crippen LogP contribution < -0.4 is 0 Å². The van der Waals surface area contributed by atoms with Gasteiger partial charge in [0, 0.05) is 99.6 Å². The molecule has 0 saturated carbocycles. The Balaban J connectivity index is 3.00. The SMILES string of the molecule is COCCOCCCOCCCOCCCOCCCOCCCOCCCOCCCOCCO. The second kappa shape index (κ2) is 34.6. The minimum atomic E-state index is 0.0703. The smallest absolute Gasteiger partial charge is 0.0700 e. The van der Waals surface area contributed by atoms with Crippen LogP contribution in [-0.2, 0) is 42.6 Å². The number of ether oxygens (including phenoxy) is 9. The molecule has 10 heteroatoms. The second-order valence-electron chi connectivity index (χ2n) is 8.09. The van der Waals surface area contributed by atoms with Crippen LogP contribution in [0.25, 0.3) is 0 Å². The van der Waals surface area contributed by atoms with Gasteiger partial charge in [0.25, 0.3) is 0 Å². The van der Waals surface area contributed by atoms with E-state index in [0.717, 1.165) is 71.4 Å². The molecule has 0 aromatic rings. The van der Waals surface area contributed by atoms with Gasteiger partial charge in [-0.05, 0) is 44.9 Å². The van der Waals surface area contributed by atoms with E-state index in [2.05, 4.69) is 0 Å². The van der Waals surface area contributed by atoms with Crippen LogP contribution in [0, 0.1) is 0 Å². The highest BCUT2D eigenvalue weighted by Gasteiger charge is 1.96. The molecule has 0 aliphatic carbocycles. The highest BCUT2D eigenvalue weighted by Crippen LogP contribution is 1.94. The summed E-state index contributed by atoms with van der Waals surface area (Å²) in [5.41, 5.74) is 0. The van der Waals surface area contributed by atoms with Gasteiger partial charge in [-0.3, -0.25) is 0 Å². The van der Waals surface area contributed by atoms with Crippen LogP contribution in [0.2, 0.25) is 0 Å². The maximum Gasteiger partial charge on any atom is 0.0700 e. The molecular weight excluding hydrogens is 472 g/mol. The average molecular weight is 527 g/mol. The van der Waals surface area contributed by atoms with Crippen LogP contribution in [-0.4, -0.2) is 131 Å². The molecule has 0 aliphatic heterocycles. The zero-order valence-electron chi connectivity index (χ0n) is 22.8. The van der Waals surface area contributed by atoms with E-state index in [9.17, 15) is 0 Å². The summed E-state index contributed by atoms with van der Waals surface area (Å²) in [6.45, 7) is 11.6. The number of rotatable bonds is 33. The van der Waals surface area contributed by atoms with E-state index >= 15 is 0 Å². The van der Waals surface area contributed by atoms with Crippen LogP contribution in [0.1, 0.15) is 44.9 Å². The molecule has 0 amide bonds. The van der Waals surface area contributed by atoms with E-state index in [4.69, 9.17) is 47.7 Å². The summed E-state index contributed by atoms with van der Waals surface area (Å²) in [6.07, 6.45) is 6.26. The van der Waals surface area contributed by atoms with E-state index in [1.807, 2.05) is 0 Å². The lowest BCUT2D eigenvalue weighted by Gasteiger charge is -2.08. The van der Waals surface area contributed by atoms with Crippen molar-refractivity contribution in [3.63, 3.8) is 0 Å². The summed E-state index contributed by atoms with van der Waals surface area (Å²) in [6, 6.07) is 0. The second-order valence-corrected chi connectivity index (χ2v) is 8.09. The largest absolute Gasteiger partial charge is 0.394 e. The fourth-order valence-corrected chi connectivity index (χ4v) is 2.86. The van der Waals surface area contributed by atoms with Gasteiger partial charge in [-0.1, -0.05) is 0 Å². The van der Waals surface area contributed by atoms with Crippen LogP contribution in [0.3, 0.4) is 0 Å². The van der Waals surface area contributed by atoms with Gasteiger partial charge >= 0.3 is 0 Å². The van der Waals surface area contributed by atoms with Gasteiger partial charge < -0.3 is 47.7 Å². The lowest BCUT2D eigenvalue weighted by molar-refractivity contribution is 0.0384. The zero-order valence-corrected chi connectivity index (χ0v) is 22.8. The van der Waals surface area contributed by atoms with Gasteiger partial charge in [-0.25, -0.2) is 0 Å². The predicted molar refractivity (Wildman–Crippen MR) is 138 cm³/mol. The number of hydrogen-bond donors (Lipinski definition) is 1. The fraction of sp³-hybridized carbons (Fsp3) is 1.00. The molecule has 0 bridgehead atoms. The minimum Gasteiger partial charge on any atom is -0.394 e. The van der Waals surface area contributed by atoms with E-state index in [1.165, 1.54) is 0 Å². The van der Waals surface area contributed by atoms with E-state index in [1.54, 1.807) is 7.11 Å². The van der Waals surface area contributed by atoms with Crippen molar-refractivity contribution >= 4 is 0 Å². The van der Waals surface area contributed by atoms with E-state index in [-0.39, 0.29) is 6.61 Å². The number of aliphatic hydroxyl groups is 1. The third-order valence-corrected chi connectivity index (χ3v) is 4.71. The van der Waals surface area contributed by atoms with Crippen molar-refractivity contribution in [2.45, 2.75) is 44.9 Å². The van der Waals surface area contributed by atoms with Crippen LogP contribution in [0.4, 0.5) is 0 Å². The van der Waals surface area contributed by atoms with Crippen LogP contribution >= 0.6 is 0 Å². The summed E-state index contributed by atoms with van der Waals surface area (Å²) < 4.78 is 48.9. The Hall–Kier alpha value is -0.400. The maximum atomic E-state index is 8.59. The quantitative estimate of drug-likeness (QED) is 0.128. The Kier molecular flexibility index (Phi) is 34.2. The van der Waals surface area contributed by atoms with Crippen LogP contribution in [0.5, 0.6) is 0 Å². The van der Waals surface area contributed by atoms with E-state index in [0.29, 0.717) is 85.9 Å².